The molecular weight excluding hydrogens is 344 g/mol. The Morgan fingerprint density at radius 2 is 1.79 bits per heavy atom. The van der Waals surface area contributed by atoms with Crippen LogP contribution in [0.25, 0.3) is 0 Å². The van der Waals surface area contributed by atoms with Crippen molar-refractivity contribution in [2.45, 2.75) is 11.8 Å². The van der Waals surface area contributed by atoms with Gasteiger partial charge in [0.25, 0.3) is 5.91 Å². The summed E-state index contributed by atoms with van der Waals surface area (Å²) in [6.07, 6.45) is 0. The quantitative estimate of drug-likeness (QED) is 0.785. The molecule has 126 valence electrons. The number of nitrogens with one attached hydrogen (secondary N) is 1. The lowest BCUT2D eigenvalue weighted by molar-refractivity contribution is -0.116. The van der Waals surface area contributed by atoms with Crippen LogP contribution in [0, 0.1) is 0 Å². The van der Waals surface area contributed by atoms with E-state index in [1.165, 1.54) is 4.90 Å². The first kappa shape index (κ1) is 18.4. The third-order valence-electron chi connectivity index (χ3n) is 3.27. The number of thioether (sulfide) groups is 1. The summed E-state index contributed by atoms with van der Waals surface area (Å²) in [5, 5.41) is 3.35. The number of nitrogens with zero attached hydrogens (tertiary/aromatic N) is 1. The maximum Gasteiger partial charge on any atom is 0.255 e. The number of carbonyl (C=O) groups is 2. The molecule has 0 heterocycles. The molecule has 24 heavy (non-hydrogen) atoms. The van der Waals surface area contributed by atoms with E-state index >= 15 is 0 Å². The van der Waals surface area contributed by atoms with Crippen molar-refractivity contribution in [2.24, 2.45) is 0 Å². The van der Waals surface area contributed by atoms with Crippen molar-refractivity contribution in [2.75, 3.05) is 24.7 Å². The number of benzene rings is 2. The Labute approximate surface area is 151 Å². The smallest absolute Gasteiger partial charge is 0.255 e. The number of likely N-dealkylation sites (N-methyl/N-ethyl adjacent to an activating group) is 1. The number of hydrogen-bond donors (Lipinski definition) is 1. The highest BCUT2D eigenvalue weighted by atomic mass is 35.5. The van der Waals surface area contributed by atoms with Gasteiger partial charge in [0.2, 0.25) is 5.91 Å². The summed E-state index contributed by atoms with van der Waals surface area (Å²) in [6, 6.07) is 14.3. The zero-order valence-electron chi connectivity index (χ0n) is 13.6. The first-order valence-electron chi connectivity index (χ1n) is 7.54. The maximum atomic E-state index is 12.6. The average Bonchev–Trinajstić information content (AvgIpc) is 2.57. The minimum atomic E-state index is -0.256. The van der Waals surface area contributed by atoms with Gasteiger partial charge >= 0.3 is 0 Å². The number of halogens is 1. The molecule has 0 saturated heterocycles. The van der Waals surface area contributed by atoms with E-state index in [-0.39, 0.29) is 18.4 Å². The number of anilines is 1. The van der Waals surface area contributed by atoms with Gasteiger partial charge in [-0.1, -0.05) is 30.7 Å². The van der Waals surface area contributed by atoms with Crippen LogP contribution in [0.3, 0.4) is 0 Å². The van der Waals surface area contributed by atoms with Gasteiger partial charge < -0.3 is 10.2 Å². The topological polar surface area (TPSA) is 49.4 Å². The minimum absolute atomic E-state index is 0.0212. The molecule has 0 fully saturated rings. The molecular formula is C18H19ClN2O2S. The molecule has 6 heteroatoms. The predicted octanol–water partition coefficient (Wildman–Crippen LogP) is 4.16. The van der Waals surface area contributed by atoms with Gasteiger partial charge in [0.1, 0.15) is 0 Å². The van der Waals surface area contributed by atoms with Gasteiger partial charge in [-0.05, 0) is 42.2 Å². The van der Waals surface area contributed by atoms with Gasteiger partial charge in [-0.25, -0.2) is 0 Å². The summed E-state index contributed by atoms with van der Waals surface area (Å²) in [5.74, 6) is 0.456. The molecule has 0 aromatic heterocycles. The van der Waals surface area contributed by atoms with Crippen LogP contribution in [0.5, 0.6) is 0 Å². The van der Waals surface area contributed by atoms with E-state index < -0.39 is 0 Å². The fourth-order valence-electron chi connectivity index (χ4n) is 2.15. The van der Waals surface area contributed by atoms with E-state index in [1.54, 1.807) is 49.1 Å². The molecule has 0 aliphatic carbocycles. The van der Waals surface area contributed by atoms with Crippen molar-refractivity contribution >= 4 is 40.9 Å². The van der Waals surface area contributed by atoms with E-state index in [9.17, 15) is 9.59 Å². The second kappa shape index (κ2) is 8.76. The van der Waals surface area contributed by atoms with Crippen LogP contribution in [0.2, 0.25) is 5.02 Å². The fourth-order valence-corrected chi connectivity index (χ4v) is 3.07. The van der Waals surface area contributed by atoms with E-state index in [1.807, 2.05) is 25.1 Å². The van der Waals surface area contributed by atoms with E-state index in [2.05, 4.69) is 5.32 Å². The molecule has 0 atom stereocenters. The molecule has 0 aliphatic heterocycles. The van der Waals surface area contributed by atoms with Crippen LogP contribution in [0.4, 0.5) is 5.69 Å². The summed E-state index contributed by atoms with van der Waals surface area (Å²) < 4.78 is 0. The molecule has 2 rings (SSSR count). The van der Waals surface area contributed by atoms with Crippen molar-refractivity contribution in [3.05, 3.63) is 59.1 Å². The van der Waals surface area contributed by atoms with E-state index in [4.69, 9.17) is 11.6 Å². The van der Waals surface area contributed by atoms with Crippen LogP contribution in [0.15, 0.2) is 53.4 Å². The lowest BCUT2D eigenvalue weighted by atomic mass is 10.2. The van der Waals surface area contributed by atoms with E-state index in [0.29, 0.717) is 16.3 Å². The van der Waals surface area contributed by atoms with Crippen molar-refractivity contribution in [3.8, 4) is 0 Å². The summed E-state index contributed by atoms with van der Waals surface area (Å²) in [7, 11) is 1.62. The van der Waals surface area contributed by atoms with Gasteiger partial charge in [0.05, 0.1) is 12.1 Å². The van der Waals surface area contributed by atoms with Crippen molar-refractivity contribution in [1.82, 2.24) is 4.90 Å². The SMILES string of the molecule is CCSc1ccccc1C(=O)N(C)CC(=O)Nc1ccc(Cl)cc1. The van der Waals surface area contributed by atoms with Gasteiger partial charge in [-0.2, -0.15) is 0 Å². The molecule has 0 saturated carbocycles. The third kappa shape index (κ3) is 5.01. The molecule has 4 nitrogen and oxygen atoms in total. The highest BCUT2D eigenvalue weighted by molar-refractivity contribution is 7.99. The average molecular weight is 363 g/mol. The molecule has 0 spiro atoms. The van der Waals surface area contributed by atoms with Crippen molar-refractivity contribution in [1.29, 1.82) is 0 Å². The Hall–Kier alpha value is -1.98. The molecule has 0 aliphatic rings. The van der Waals surface area contributed by atoms with Crippen LogP contribution >= 0.6 is 23.4 Å². The second-order valence-corrected chi connectivity index (χ2v) is 6.89. The van der Waals surface area contributed by atoms with Gasteiger partial charge in [-0.3, -0.25) is 9.59 Å². The Kier molecular flexibility index (Phi) is 6.70. The summed E-state index contributed by atoms with van der Waals surface area (Å²) in [4.78, 5) is 27.0. The lowest BCUT2D eigenvalue weighted by Crippen LogP contribution is -2.35. The molecule has 1 N–H and O–H groups in total. The van der Waals surface area contributed by atoms with Gasteiger partial charge in [0.15, 0.2) is 0 Å². The highest BCUT2D eigenvalue weighted by Gasteiger charge is 2.17. The standard InChI is InChI=1S/C18H19ClN2O2S/c1-3-24-16-7-5-4-6-15(16)18(23)21(2)12-17(22)20-14-10-8-13(19)9-11-14/h4-11H,3,12H2,1-2H3,(H,20,22). The molecule has 2 amide bonds. The van der Waals surface area contributed by atoms with Crippen molar-refractivity contribution < 1.29 is 9.59 Å². The first-order valence-corrected chi connectivity index (χ1v) is 8.90. The third-order valence-corrected chi connectivity index (χ3v) is 4.48. The Morgan fingerprint density at radius 1 is 1.12 bits per heavy atom. The lowest BCUT2D eigenvalue weighted by Gasteiger charge is -2.18. The number of amides is 2. The Bertz CT molecular complexity index is 719. The molecule has 0 bridgehead atoms. The number of hydrogen-bond acceptors (Lipinski definition) is 3. The molecule has 0 unspecified atom stereocenters. The second-order valence-electron chi connectivity index (χ2n) is 5.15. The van der Waals surface area contributed by atoms with Crippen LogP contribution in [0.1, 0.15) is 17.3 Å². The summed E-state index contributed by atoms with van der Waals surface area (Å²) in [6.45, 7) is 2.02. The van der Waals surface area contributed by atoms with Crippen LogP contribution in [-0.2, 0) is 4.79 Å². The normalized spacial score (nSPS) is 10.3. The van der Waals surface area contributed by atoms with E-state index in [0.717, 1.165) is 10.6 Å². The summed E-state index contributed by atoms with van der Waals surface area (Å²) >= 11 is 7.42. The van der Waals surface area contributed by atoms with Gasteiger partial charge in [-0.15, -0.1) is 11.8 Å². The zero-order valence-corrected chi connectivity index (χ0v) is 15.2. The van der Waals surface area contributed by atoms with Crippen LogP contribution < -0.4 is 5.32 Å². The number of carbonyl (C=O) groups excluding carboxylic acids is 2. The number of rotatable bonds is 6. The molecule has 2 aromatic rings. The Morgan fingerprint density at radius 3 is 2.46 bits per heavy atom. The fraction of sp³-hybridized carbons (Fsp3) is 0.222. The molecule has 0 radical (unpaired) electrons. The maximum absolute atomic E-state index is 12.6. The Balaban J connectivity index is 2.00. The largest absolute Gasteiger partial charge is 0.332 e. The van der Waals surface area contributed by atoms with Crippen LogP contribution in [-0.4, -0.2) is 36.1 Å². The highest BCUT2D eigenvalue weighted by Crippen LogP contribution is 2.23. The first-order chi connectivity index (χ1) is 11.5. The van der Waals surface area contributed by atoms with Gasteiger partial charge in [0, 0.05) is 22.7 Å². The monoisotopic (exact) mass is 362 g/mol. The summed E-state index contributed by atoms with van der Waals surface area (Å²) in [5.41, 5.74) is 1.26. The van der Waals surface area contributed by atoms with Crippen molar-refractivity contribution in [3.63, 3.8) is 0 Å². The zero-order chi connectivity index (χ0) is 17.5. The molecule has 2 aromatic carbocycles. The predicted molar refractivity (Wildman–Crippen MR) is 99.9 cm³/mol. The minimum Gasteiger partial charge on any atom is -0.332 e.